The molecule has 0 unspecified atom stereocenters. The van der Waals surface area contributed by atoms with Crippen molar-refractivity contribution in [2.75, 3.05) is 36.9 Å². The van der Waals surface area contributed by atoms with Crippen molar-refractivity contribution in [2.45, 2.75) is 13.0 Å². The number of nitrogens with zero attached hydrogens (tertiary/aromatic N) is 2. The van der Waals surface area contributed by atoms with Gasteiger partial charge in [-0.15, -0.1) is 0 Å². The topological polar surface area (TPSA) is 97.4 Å². The molecular weight excluding hydrogens is 543 g/mol. The van der Waals surface area contributed by atoms with Gasteiger partial charge in [0.15, 0.2) is 0 Å². The Kier molecular flexibility index (Phi) is 7.20. The molecule has 1 fully saturated rings. The van der Waals surface area contributed by atoms with E-state index in [0.717, 1.165) is 18.8 Å². The Hall–Kier alpha value is -1.96. The molecule has 3 rings (SSSR count). The molecule has 1 atom stereocenters. The number of morpholine rings is 1. The van der Waals surface area contributed by atoms with Gasteiger partial charge in [0.1, 0.15) is 0 Å². The molecule has 1 aromatic heterocycles. The second-order valence-electron chi connectivity index (χ2n) is 5.97. The summed E-state index contributed by atoms with van der Waals surface area (Å²) >= 11 is -0.973. The van der Waals surface area contributed by atoms with Crippen molar-refractivity contribution in [1.82, 2.24) is 15.3 Å². The van der Waals surface area contributed by atoms with Gasteiger partial charge in [-0.3, -0.25) is 0 Å². The van der Waals surface area contributed by atoms with Crippen molar-refractivity contribution in [2.24, 2.45) is 0 Å². The molecule has 8 nitrogen and oxygen atoms in total. The quantitative estimate of drug-likeness (QED) is 0.444. The summed E-state index contributed by atoms with van der Waals surface area (Å²) in [4.78, 5) is 20.6. The summed E-state index contributed by atoms with van der Waals surface area (Å²) in [7, 11) is 0. The first-order valence-electron chi connectivity index (χ1n) is 8.56. The molecule has 0 aliphatic carbocycles. The van der Waals surface area contributed by atoms with Crippen molar-refractivity contribution in [3.8, 4) is 5.75 Å². The van der Waals surface area contributed by atoms with Crippen LogP contribution in [0.25, 0.3) is 0 Å². The predicted octanol–water partition coefficient (Wildman–Crippen LogP) is 0.558. The van der Waals surface area contributed by atoms with E-state index in [9.17, 15) is 4.79 Å². The number of carbonyl (C=O) groups is 1. The van der Waals surface area contributed by atoms with E-state index in [4.69, 9.17) is 9.47 Å². The zero-order chi connectivity index (χ0) is 19.1. The molecule has 3 N–H and O–H groups in total. The molecule has 1 aliphatic rings. The van der Waals surface area contributed by atoms with E-state index in [1.165, 1.54) is 9.47 Å². The molecule has 1 saturated heterocycles. The molecule has 2 amide bonds. The molecular formula is C18H22BiN5O3. The van der Waals surface area contributed by atoms with Gasteiger partial charge in [0, 0.05) is 0 Å². The number of benzene rings is 1. The summed E-state index contributed by atoms with van der Waals surface area (Å²) < 4.78 is 16.8. The maximum absolute atomic E-state index is 12.3. The third kappa shape index (κ3) is 6.02. The number of rotatable bonds is 6. The summed E-state index contributed by atoms with van der Waals surface area (Å²) in [6.07, 6.45) is 3.10. The molecule has 0 bridgehead atoms. The van der Waals surface area contributed by atoms with Gasteiger partial charge >= 0.3 is 169 Å². The van der Waals surface area contributed by atoms with Crippen LogP contribution < -0.4 is 24.0 Å². The first-order chi connectivity index (χ1) is 13.1. The van der Waals surface area contributed by atoms with Gasteiger partial charge in [-0.05, 0) is 0 Å². The van der Waals surface area contributed by atoms with Crippen LogP contribution in [-0.4, -0.2) is 75.4 Å². The Bertz CT molecular complexity index is 794. The molecule has 1 aromatic carbocycles. The first-order valence-corrected chi connectivity index (χ1v) is 12.8. The number of hydrogen-bond donors (Lipinski definition) is 3. The zero-order valence-corrected chi connectivity index (χ0v) is 18.5. The molecule has 142 valence electrons. The van der Waals surface area contributed by atoms with E-state index in [-0.39, 0.29) is 6.10 Å². The Morgan fingerprint density at radius 2 is 2.30 bits per heavy atom. The van der Waals surface area contributed by atoms with Crippen LogP contribution in [0.2, 0.25) is 0 Å². The van der Waals surface area contributed by atoms with Gasteiger partial charge in [-0.2, -0.15) is 0 Å². The maximum atomic E-state index is 12.3. The zero-order valence-electron chi connectivity index (χ0n) is 15.1. The summed E-state index contributed by atoms with van der Waals surface area (Å²) in [5.41, 5.74) is 1.40. The molecule has 9 heteroatoms. The third-order valence-electron chi connectivity index (χ3n) is 3.85. The van der Waals surface area contributed by atoms with Gasteiger partial charge in [0.05, 0.1) is 0 Å². The van der Waals surface area contributed by atoms with Crippen molar-refractivity contribution in [3.05, 3.63) is 36.3 Å². The summed E-state index contributed by atoms with van der Waals surface area (Å²) in [5, 5.41) is 8.78. The number of nitrogens with one attached hydrogen (secondary N) is 3. The van der Waals surface area contributed by atoms with Gasteiger partial charge in [-0.25, -0.2) is 0 Å². The van der Waals surface area contributed by atoms with Gasteiger partial charge in [-0.1, -0.05) is 0 Å². The summed E-state index contributed by atoms with van der Waals surface area (Å²) in [5.74, 6) is 0.987. The Balaban J connectivity index is 1.66. The SMILES string of the molecule is [CH2]=[Bi][c]1ccc(OC[C@@H]2CNCCO2)c(NC(=O)Nc2cnc(C)cn2)c1. The standard InChI is InChI=1S/C17H20N5O3.CH2.Bi/c1-12-8-20-16(10-19-12)22-17(23)21-14-4-2-3-5-15(14)25-11-13-9-18-6-7-24-13;;/h3-5,8,10,13,18H,6-7,9,11H2,1H3,(H2,20,21,22,23);1H2;/t13-;;/m0../s1. The van der Waals surface area contributed by atoms with Crippen LogP contribution in [-0.2, 0) is 4.74 Å². The van der Waals surface area contributed by atoms with Crippen LogP contribution in [0, 0.1) is 6.92 Å². The van der Waals surface area contributed by atoms with E-state index < -0.39 is 28.8 Å². The van der Waals surface area contributed by atoms with E-state index in [2.05, 4.69) is 30.1 Å². The van der Waals surface area contributed by atoms with Gasteiger partial charge in [0.25, 0.3) is 0 Å². The van der Waals surface area contributed by atoms with Gasteiger partial charge in [0.2, 0.25) is 0 Å². The van der Waals surface area contributed by atoms with Crippen LogP contribution in [0.1, 0.15) is 5.69 Å². The fraction of sp³-hybridized carbons (Fsp3) is 0.333. The second kappa shape index (κ2) is 9.83. The normalized spacial score (nSPS) is 16.4. The van der Waals surface area contributed by atoms with E-state index in [0.29, 0.717) is 30.5 Å². The summed E-state index contributed by atoms with van der Waals surface area (Å²) in [6.45, 7) is 4.53. The number of ether oxygens (including phenoxy) is 2. The Morgan fingerprint density at radius 1 is 1.41 bits per heavy atom. The fourth-order valence-corrected chi connectivity index (χ4v) is 4.03. The number of carbonyl (C=O) groups excluding carboxylic acids is 1. The Morgan fingerprint density at radius 3 is 3.00 bits per heavy atom. The predicted molar refractivity (Wildman–Crippen MR) is 106 cm³/mol. The molecule has 0 spiro atoms. The van der Waals surface area contributed by atoms with E-state index in [1.807, 2.05) is 25.1 Å². The van der Waals surface area contributed by atoms with Crippen molar-refractivity contribution in [1.29, 1.82) is 0 Å². The van der Waals surface area contributed by atoms with Crippen molar-refractivity contribution >= 4 is 47.8 Å². The van der Waals surface area contributed by atoms with Gasteiger partial charge < -0.3 is 0 Å². The van der Waals surface area contributed by atoms with Crippen LogP contribution in [0.4, 0.5) is 16.3 Å². The molecule has 0 saturated carbocycles. The second-order valence-corrected chi connectivity index (χ2v) is 9.21. The van der Waals surface area contributed by atoms with Crippen LogP contribution in [0.5, 0.6) is 5.75 Å². The number of anilines is 2. The van der Waals surface area contributed by atoms with Crippen LogP contribution in [0.3, 0.4) is 0 Å². The minimum atomic E-state index is -0.973. The van der Waals surface area contributed by atoms with Crippen molar-refractivity contribution in [3.63, 3.8) is 0 Å². The van der Waals surface area contributed by atoms with Crippen LogP contribution in [0.15, 0.2) is 30.6 Å². The van der Waals surface area contributed by atoms with E-state index >= 15 is 0 Å². The number of amides is 2. The molecule has 27 heavy (non-hydrogen) atoms. The fourth-order valence-electron chi connectivity index (χ4n) is 2.48. The average molecular weight is 565 g/mol. The van der Waals surface area contributed by atoms with E-state index in [1.54, 1.807) is 6.20 Å². The number of hydrogen-bond acceptors (Lipinski definition) is 6. The number of aromatic nitrogens is 2. The molecule has 2 aromatic rings. The first kappa shape index (κ1) is 19.8. The van der Waals surface area contributed by atoms with Crippen LogP contribution >= 0.6 is 0 Å². The monoisotopic (exact) mass is 565 g/mol. The average Bonchev–Trinajstić information content (AvgIpc) is 2.69. The molecule has 1 aliphatic heterocycles. The minimum absolute atomic E-state index is 0.00651. The number of urea groups is 1. The summed E-state index contributed by atoms with van der Waals surface area (Å²) in [6, 6.07) is 5.41. The Labute approximate surface area is 169 Å². The molecule has 2 heterocycles. The third-order valence-corrected chi connectivity index (χ3v) is 6.35. The number of aryl methyl sites for hydroxylation is 1. The van der Waals surface area contributed by atoms with Crippen molar-refractivity contribution < 1.29 is 14.3 Å². The molecule has 0 radical (unpaired) electrons.